The van der Waals surface area contributed by atoms with Crippen LogP contribution in [0.15, 0.2) is 18.2 Å². The summed E-state index contributed by atoms with van der Waals surface area (Å²) in [6.07, 6.45) is 1.02. The maximum absolute atomic E-state index is 9.82. The first-order chi connectivity index (χ1) is 8.71. The minimum Gasteiger partial charge on any atom is -0.493 e. The molecule has 1 aromatic carbocycles. The zero-order chi connectivity index (χ0) is 13.4. The molecule has 0 bridgehead atoms. The molecule has 0 saturated carbocycles. The van der Waals surface area contributed by atoms with Crippen LogP contribution in [-0.4, -0.2) is 38.6 Å². The summed E-state index contributed by atoms with van der Waals surface area (Å²) in [5.74, 6) is 1.37. The topological polar surface area (TPSA) is 47.9 Å². The molecule has 1 N–H and O–H groups in total. The van der Waals surface area contributed by atoms with Crippen molar-refractivity contribution in [3.63, 3.8) is 0 Å². The molecule has 0 aliphatic heterocycles. The van der Waals surface area contributed by atoms with Gasteiger partial charge in [-0.1, -0.05) is 13.0 Å². The fraction of sp³-hybridized carbons (Fsp3) is 0.571. The first-order valence-corrected chi connectivity index (χ1v) is 6.18. The van der Waals surface area contributed by atoms with Gasteiger partial charge >= 0.3 is 0 Å². The van der Waals surface area contributed by atoms with Gasteiger partial charge in [-0.3, -0.25) is 0 Å². The van der Waals surface area contributed by atoms with Gasteiger partial charge in [-0.15, -0.1) is 0 Å². The minimum atomic E-state index is -0.491. The number of rotatable bonds is 8. The summed E-state index contributed by atoms with van der Waals surface area (Å²) in [5.41, 5.74) is 1.00. The van der Waals surface area contributed by atoms with Crippen LogP contribution >= 0.6 is 0 Å². The monoisotopic (exact) mass is 254 g/mol. The van der Waals surface area contributed by atoms with E-state index in [1.807, 2.05) is 25.1 Å². The van der Waals surface area contributed by atoms with Crippen molar-refractivity contribution in [2.24, 2.45) is 0 Å². The van der Waals surface area contributed by atoms with E-state index in [9.17, 15) is 5.11 Å². The molecule has 4 nitrogen and oxygen atoms in total. The van der Waals surface area contributed by atoms with Crippen LogP contribution in [0, 0.1) is 0 Å². The van der Waals surface area contributed by atoms with Gasteiger partial charge < -0.3 is 19.3 Å². The molecule has 0 amide bonds. The number of hydrogen-bond donors (Lipinski definition) is 1. The zero-order valence-corrected chi connectivity index (χ0v) is 11.3. The molecule has 0 heterocycles. The number of methoxy groups -OCH3 is 2. The third-order valence-electron chi connectivity index (χ3n) is 2.58. The molecule has 102 valence electrons. The van der Waals surface area contributed by atoms with Crippen LogP contribution in [0.4, 0.5) is 0 Å². The van der Waals surface area contributed by atoms with Crippen molar-refractivity contribution in [1.29, 1.82) is 0 Å². The van der Waals surface area contributed by atoms with Gasteiger partial charge in [0.1, 0.15) is 0 Å². The summed E-state index contributed by atoms with van der Waals surface area (Å²) in [6.45, 7) is 3.09. The van der Waals surface area contributed by atoms with E-state index in [-0.39, 0.29) is 0 Å². The third kappa shape index (κ3) is 4.55. The van der Waals surface area contributed by atoms with Gasteiger partial charge in [-0.25, -0.2) is 0 Å². The van der Waals surface area contributed by atoms with E-state index >= 15 is 0 Å². The lowest BCUT2D eigenvalue weighted by Gasteiger charge is -2.13. The maximum Gasteiger partial charge on any atom is 0.160 e. The first-order valence-electron chi connectivity index (χ1n) is 6.18. The molecule has 1 atom stereocenters. The number of ether oxygens (including phenoxy) is 3. The Morgan fingerprint density at radius 1 is 1.17 bits per heavy atom. The lowest BCUT2D eigenvalue weighted by Crippen LogP contribution is -2.18. The van der Waals surface area contributed by atoms with E-state index in [0.29, 0.717) is 31.1 Å². The van der Waals surface area contributed by atoms with Gasteiger partial charge in [0.15, 0.2) is 11.5 Å². The van der Waals surface area contributed by atoms with E-state index in [2.05, 4.69) is 0 Å². The van der Waals surface area contributed by atoms with Crippen LogP contribution in [0.1, 0.15) is 18.9 Å². The molecule has 0 radical (unpaired) electrons. The molecular formula is C14H22O4. The number of benzene rings is 1. The fourth-order valence-electron chi connectivity index (χ4n) is 1.70. The van der Waals surface area contributed by atoms with Crippen LogP contribution in [0.2, 0.25) is 0 Å². The van der Waals surface area contributed by atoms with Crippen LogP contribution in [0.5, 0.6) is 11.5 Å². The molecule has 18 heavy (non-hydrogen) atoms. The average Bonchev–Trinajstić information content (AvgIpc) is 2.39. The minimum absolute atomic E-state index is 0.363. The van der Waals surface area contributed by atoms with Crippen molar-refractivity contribution in [2.45, 2.75) is 25.9 Å². The Hall–Kier alpha value is -1.26. The Morgan fingerprint density at radius 3 is 2.50 bits per heavy atom. The zero-order valence-electron chi connectivity index (χ0n) is 11.3. The van der Waals surface area contributed by atoms with Gasteiger partial charge in [0.05, 0.1) is 26.9 Å². The van der Waals surface area contributed by atoms with E-state index < -0.39 is 6.10 Å². The Bertz CT molecular complexity index is 352. The highest BCUT2D eigenvalue weighted by Gasteiger charge is 2.09. The van der Waals surface area contributed by atoms with Gasteiger partial charge in [-0.2, -0.15) is 0 Å². The molecule has 0 aliphatic rings. The average molecular weight is 254 g/mol. The van der Waals surface area contributed by atoms with Crippen molar-refractivity contribution >= 4 is 0 Å². The Balaban J connectivity index is 2.56. The molecule has 0 aliphatic carbocycles. The van der Waals surface area contributed by atoms with Crippen LogP contribution in [0.25, 0.3) is 0 Å². The maximum atomic E-state index is 9.82. The highest BCUT2D eigenvalue weighted by molar-refractivity contribution is 5.43. The molecule has 1 aromatic rings. The molecular weight excluding hydrogens is 232 g/mol. The molecule has 0 spiro atoms. The second-order valence-electron chi connectivity index (χ2n) is 4.12. The number of hydrogen-bond acceptors (Lipinski definition) is 4. The quantitative estimate of drug-likeness (QED) is 0.721. The smallest absolute Gasteiger partial charge is 0.160 e. The molecule has 0 aromatic heterocycles. The Morgan fingerprint density at radius 2 is 1.89 bits per heavy atom. The lowest BCUT2D eigenvalue weighted by atomic mass is 10.1. The summed E-state index contributed by atoms with van der Waals surface area (Å²) < 4.78 is 15.7. The Kier molecular flexibility index (Phi) is 6.54. The molecule has 4 heteroatoms. The fourth-order valence-corrected chi connectivity index (χ4v) is 1.70. The van der Waals surface area contributed by atoms with Crippen molar-refractivity contribution in [2.75, 3.05) is 27.4 Å². The summed E-state index contributed by atoms with van der Waals surface area (Å²) in [5, 5.41) is 9.82. The molecule has 0 saturated heterocycles. The highest BCUT2D eigenvalue weighted by atomic mass is 16.5. The summed E-state index contributed by atoms with van der Waals surface area (Å²) >= 11 is 0. The second kappa shape index (κ2) is 7.95. The SMILES string of the molecule is CCCOCC(O)Cc1ccc(OC)c(OC)c1. The predicted octanol–water partition coefficient (Wildman–Crippen LogP) is 2.03. The van der Waals surface area contributed by atoms with E-state index in [0.717, 1.165) is 12.0 Å². The second-order valence-corrected chi connectivity index (χ2v) is 4.12. The van der Waals surface area contributed by atoms with Crippen molar-refractivity contribution in [1.82, 2.24) is 0 Å². The van der Waals surface area contributed by atoms with Crippen LogP contribution in [-0.2, 0) is 11.2 Å². The standard InChI is InChI=1S/C14H22O4/c1-4-7-18-10-12(15)8-11-5-6-13(16-2)14(9-11)17-3/h5-6,9,12,15H,4,7-8,10H2,1-3H3. The van der Waals surface area contributed by atoms with Gasteiger partial charge in [0, 0.05) is 13.0 Å². The van der Waals surface area contributed by atoms with Crippen LogP contribution in [0.3, 0.4) is 0 Å². The summed E-state index contributed by atoms with van der Waals surface area (Å²) in [6, 6.07) is 5.64. The lowest BCUT2D eigenvalue weighted by molar-refractivity contribution is 0.0374. The van der Waals surface area contributed by atoms with Gasteiger partial charge in [0.2, 0.25) is 0 Å². The van der Waals surface area contributed by atoms with E-state index in [1.165, 1.54) is 0 Å². The summed E-state index contributed by atoms with van der Waals surface area (Å²) in [7, 11) is 3.20. The van der Waals surface area contributed by atoms with Crippen LogP contribution < -0.4 is 9.47 Å². The van der Waals surface area contributed by atoms with Crippen molar-refractivity contribution in [3.8, 4) is 11.5 Å². The molecule has 0 fully saturated rings. The van der Waals surface area contributed by atoms with Gasteiger partial charge in [0.25, 0.3) is 0 Å². The number of aliphatic hydroxyl groups excluding tert-OH is 1. The molecule has 1 unspecified atom stereocenters. The summed E-state index contributed by atoms with van der Waals surface area (Å²) in [4.78, 5) is 0. The molecule has 1 rings (SSSR count). The van der Waals surface area contributed by atoms with Gasteiger partial charge in [-0.05, 0) is 24.1 Å². The normalized spacial score (nSPS) is 12.2. The third-order valence-corrected chi connectivity index (χ3v) is 2.58. The van der Waals surface area contributed by atoms with E-state index in [1.54, 1.807) is 14.2 Å². The predicted molar refractivity (Wildman–Crippen MR) is 70.4 cm³/mol. The van der Waals surface area contributed by atoms with E-state index in [4.69, 9.17) is 14.2 Å². The Labute approximate surface area is 108 Å². The largest absolute Gasteiger partial charge is 0.493 e. The first kappa shape index (κ1) is 14.8. The van der Waals surface area contributed by atoms with Crippen molar-refractivity contribution in [3.05, 3.63) is 23.8 Å². The number of aliphatic hydroxyl groups is 1. The van der Waals surface area contributed by atoms with Crippen molar-refractivity contribution < 1.29 is 19.3 Å². The highest BCUT2D eigenvalue weighted by Crippen LogP contribution is 2.27.